The number of rotatable bonds is 5. The van der Waals surface area contributed by atoms with Gasteiger partial charge in [0.1, 0.15) is 5.75 Å². The maximum atomic E-state index is 12.9. The molecule has 4 aromatic carbocycles. The monoisotopic (exact) mass is 795 g/mol. The van der Waals surface area contributed by atoms with Gasteiger partial charge in [-0.1, -0.05) is 29.8 Å². The molecule has 160 valence electrons. The Morgan fingerprint density at radius 1 is 0.688 bits per heavy atom. The molecule has 0 aliphatic heterocycles. The fourth-order valence-electron chi connectivity index (χ4n) is 3.05. The van der Waals surface area contributed by atoms with Crippen LogP contribution in [-0.2, 0) is 10.9 Å². The lowest BCUT2D eigenvalue weighted by Gasteiger charge is -2.11. The molecule has 0 heterocycles. The van der Waals surface area contributed by atoms with E-state index >= 15 is 0 Å². The Kier molecular flexibility index (Phi) is 8.41. The molecule has 32 heavy (non-hydrogen) atoms. The van der Waals surface area contributed by atoms with Gasteiger partial charge in [0.15, 0.2) is 14.7 Å². The van der Waals surface area contributed by atoms with Gasteiger partial charge in [-0.2, -0.15) is 0 Å². The lowest BCUT2D eigenvalue weighted by atomic mass is 10.2. The third kappa shape index (κ3) is 5.63. The third-order valence-corrected chi connectivity index (χ3v) is 11.0. The first-order chi connectivity index (χ1) is 15.4. The first-order valence-corrected chi connectivity index (χ1v) is 14.3. The molecule has 1 atom stereocenters. The summed E-state index contributed by atoms with van der Waals surface area (Å²) in [5.41, 5.74) is 0.604. The van der Waals surface area contributed by atoms with Crippen LogP contribution < -0.4 is 4.74 Å². The van der Waals surface area contributed by atoms with Gasteiger partial charge in [0.25, 0.3) is 0 Å². The highest BCUT2D eigenvalue weighted by molar-refractivity contribution is 14.1. The Hall–Kier alpha value is -0.820. The molecule has 0 N–H and O–H groups in total. The van der Waals surface area contributed by atoms with E-state index in [4.69, 9.17) is 16.3 Å². The van der Waals surface area contributed by atoms with Gasteiger partial charge in [-0.15, -0.1) is 0 Å². The topological polar surface area (TPSA) is 26.3 Å². The Balaban J connectivity index is 1.63. The average molecular weight is 796 g/mol. The van der Waals surface area contributed by atoms with Gasteiger partial charge in [-0.3, -0.25) is 0 Å². The molecule has 0 amide bonds. The number of carbonyl (C=O) groups is 1. The highest BCUT2D eigenvalue weighted by atomic mass is 127. The lowest BCUT2D eigenvalue weighted by Crippen LogP contribution is -2.13. The molecule has 0 bridgehead atoms. The minimum atomic E-state index is -0.343. The van der Waals surface area contributed by atoms with Gasteiger partial charge in [-0.25, -0.2) is 4.79 Å². The number of hydrogen-bond donors (Lipinski definition) is 0. The van der Waals surface area contributed by atoms with Gasteiger partial charge >= 0.3 is 5.97 Å². The van der Waals surface area contributed by atoms with Crippen LogP contribution in [0.15, 0.2) is 106 Å². The minimum absolute atomic E-state index is 0.293. The maximum absolute atomic E-state index is 12.9. The number of esters is 1. The number of carbonyl (C=O) groups excluding carboxylic acids is 1. The number of ether oxygens (including phenoxy) is 1. The first kappa shape index (κ1) is 24.3. The Bertz CT molecular complexity index is 1250. The van der Waals surface area contributed by atoms with Crippen LogP contribution in [0.4, 0.5) is 0 Å². The fraction of sp³-hybridized carbons (Fsp3) is 0. The summed E-state index contributed by atoms with van der Waals surface area (Å²) in [5, 5.41) is 0.715. The summed E-state index contributed by atoms with van der Waals surface area (Å²) >= 11 is 12.7. The summed E-state index contributed by atoms with van der Waals surface area (Å²) < 4.78 is 8.53. The van der Waals surface area contributed by atoms with Crippen molar-refractivity contribution in [3.05, 3.63) is 112 Å². The van der Waals surface area contributed by atoms with Crippen LogP contribution in [0.25, 0.3) is 0 Å². The molecule has 0 aromatic heterocycles. The van der Waals surface area contributed by atoms with Crippen LogP contribution >= 0.6 is 79.4 Å². The Labute approximate surface area is 235 Å². The zero-order chi connectivity index (χ0) is 22.7. The van der Waals surface area contributed by atoms with Crippen molar-refractivity contribution in [3.8, 4) is 5.75 Å². The van der Waals surface area contributed by atoms with Gasteiger partial charge in [-0.05, 0) is 141 Å². The summed E-state index contributed by atoms with van der Waals surface area (Å²) in [5.74, 6) is 0.182. The van der Waals surface area contributed by atoms with Crippen molar-refractivity contribution in [3.63, 3.8) is 0 Å². The smallest absolute Gasteiger partial charge is 0.345 e. The lowest BCUT2D eigenvalue weighted by molar-refractivity contribution is 0.0732. The molecule has 1 unspecified atom stereocenters. The van der Waals surface area contributed by atoms with Gasteiger partial charge in [0.05, 0.1) is 16.5 Å². The molecule has 0 radical (unpaired) electrons. The van der Waals surface area contributed by atoms with E-state index in [9.17, 15) is 4.79 Å². The molecular formula is C25H15ClI3O2S+. The van der Waals surface area contributed by atoms with Gasteiger partial charge < -0.3 is 4.74 Å². The Morgan fingerprint density at radius 3 is 1.84 bits per heavy atom. The van der Waals surface area contributed by atoms with Crippen molar-refractivity contribution in [2.75, 3.05) is 0 Å². The van der Waals surface area contributed by atoms with E-state index in [1.165, 1.54) is 9.79 Å². The van der Waals surface area contributed by atoms with Crippen LogP contribution in [0.5, 0.6) is 5.75 Å². The maximum Gasteiger partial charge on any atom is 0.345 e. The SMILES string of the molecule is O=C(Oc1ccc([S+](c2ccccc2)c2ccc(Cl)cc2)cc1)c1c(I)ccc(I)c1I. The summed E-state index contributed by atoms with van der Waals surface area (Å²) in [6.45, 7) is 0. The minimum Gasteiger partial charge on any atom is -0.423 e. The van der Waals surface area contributed by atoms with E-state index in [0.29, 0.717) is 16.3 Å². The molecule has 4 rings (SSSR count). The zero-order valence-corrected chi connectivity index (χ0v) is 24.4. The van der Waals surface area contributed by atoms with Crippen LogP contribution in [0.2, 0.25) is 5.02 Å². The highest BCUT2D eigenvalue weighted by Crippen LogP contribution is 2.33. The van der Waals surface area contributed by atoms with Crippen molar-refractivity contribution in [2.24, 2.45) is 0 Å². The van der Waals surface area contributed by atoms with Crippen molar-refractivity contribution in [1.29, 1.82) is 0 Å². The second-order valence-corrected chi connectivity index (χ2v) is 12.5. The zero-order valence-electron chi connectivity index (χ0n) is 16.4. The highest BCUT2D eigenvalue weighted by Gasteiger charge is 2.28. The largest absolute Gasteiger partial charge is 0.423 e. The van der Waals surface area contributed by atoms with Gasteiger partial charge in [0.2, 0.25) is 0 Å². The third-order valence-electron chi connectivity index (χ3n) is 4.55. The predicted octanol–water partition coefficient (Wildman–Crippen LogP) is 8.47. The second kappa shape index (κ2) is 11.1. The standard InChI is InChI=1S/C25H15ClI3O2S/c26-16-6-10-19(11-7-16)32(18-4-2-1-3-5-18)20-12-8-17(9-13-20)31-25(30)23-21(27)14-15-22(28)24(23)29/h1-15H/q+1. The van der Waals surface area contributed by atoms with Crippen LogP contribution in [0.3, 0.4) is 0 Å². The van der Waals surface area contributed by atoms with Crippen molar-refractivity contribution >= 4 is 96.2 Å². The van der Waals surface area contributed by atoms with E-state index < -0.39 is 0 Å². The molecule has 0 saturated heterocycles. The second-order valence-electron chi connectivity index (χ2n) is 6.65. The van der Waals surface area contributed by atoms with E-state index in [2.05, 4.69) is 92.0 Å². The van der Waals surface area contributed by atoms with E-state index in [-0.39, 0.29) is 16.9 Å². The summed E-state index contributed by atoms with van der Waals surface area (Å²) in [4.78, 5) is 16.4. The number of hydrogen-bond acceptors (Lipinski definition) is 2. The first-order valence-electron chi connectivity index (χ1n) is 9.44. The average Bonchev–Trinajstić information content (AvgIpc) is 2.80. The van der Waals surface area contributed by atoms with Gasteiger partial charge in [0, 0.05) is 15.7 Å². The normalized spacial score (nSPS) is 11.8. The quantitative estimate of drug-likeness (QED) is 0.0667. The molecule has 0 aliphatic rings. The molecular weight excluding hydrogens is 781 g/mol. The van der Waals surface area contributed by atoms with Crippen LogP contribution in [0.1, 0.15) is 10.4 Å². The Morgan fingerprint density at radius 2 is 1.22 bits per heavy atom. The number of halogens is 4. The van der Waals surface area contributed by atoms with Crippen LogP contribution in [-0.4, -0.2) is 5.97 Å². The van der Waals surface area contributed by atoms with Crippen molar-refractivity contribution in [2.45, 2.75) is 14.7 Å². The van der Waals surface area contributed by atoms with E-state index in [0.717, 1.165) is 15.6 Å². The molecule has 0 fully saturated rings. The molecule has 0 aliphatic carbocycles. The van der Waals surface area contributed by atoms with Crippen molar-refractivity contribution < 1.29 is 9.53 Å². The molecule has 7 heteroatoms. The summed E-state index contributed by atoms with van der Waals surface area (Å²) in [6, 6.07) is 30.0. The summed E-state index contributed by atoms with van der Waals surface area (Å²) in [6.07, 6.45) is 0. The predicted molar refractivity (Wildman–Crippen MR) is 156 cm³/mol. The van der Waals surface area contributed by atoms with Crippen molar-refractivity contribution in [1.82, 2.24) is 0 Å². The molecule has 4 aromatic rings. The van der Waals surface area contributed by atoms with E-state index in [1.54, 1.807) is 0 Å². The molecule has 2 nitrogen and oxygen atoms in total. The van der Waals surface area contributed by atoms with E-state index in [1.807, 2.05) is 66.7 Å². The molecule has 0 saturated carbocycles. The summed E-state index contributed by atoms with van der Waals surface area (Å²) in [7, 11) is -0.293. The fourth-order valence-corrected chi connectivity index (χ4v) is 7.57. The molecule has 0 spiro atoms. The number of benzene rings is 4. The van der Waals surface area contributed by atoms with Crippen LogP contribution in [0, 0.1) is 10.7 Å².